The molecule has 1 saturated heterocycles. The van der Waals surface area contributed by atoms with E-state index in [4.69, 9.17) is 5.73 Å². The highest BCUT2D eigenvalue weighted by Crippen LogP contribution is 2.25. The van der Waals surface area contributed by atoms with Gasteiger partial charge in [0.05, 0.1) is 22.4 Å². The van der Waals surface area contributed by atoms with Gasteiger partial charge in [-0.15, -0.1) is 0 Å². The van der Waals surface area contributed by atoms with Crippen LogP contribution < -0.4 is 10.5 Å². The Labute approximate surface area is 119 Å². The Morgan fingerprint density at radius 2 is 1.85 bits per heavy atom. The summed E-state index contributed by atoms with van der Waals surface area (Å²) >= 11 is 0. The maximum absolute atomic E-state index is 12.3. The first-order chi connectivity index (χ1) is 9.21. The lowest BCUT2D eigenvalue weighted by Gasteiger charge is -2.23. The second-order valence-electron chi connectivity index (χ2n) is 5.02. The zero-order chi connectivity index (χ0) is 15.0. The lowest BCUT2D eigenvalue weighted by Crippen LogP contribution is -2.36. The first-order valence-electron chi connectivity index (χ1n) is 6.28. The number of hydrogen-bond acceptors (Lipinski definition) is 5. The summed E-state index contributed by atoms with van der Waals surface area (Å²) in [5, 5.41) is -0.674. The first-order valence-corrected chi connectivity index (χ1v) is 9.65. The van der Waals surface area contributed by atoms with Gasteiger partial charge < -0.3 is 5.73 Å². The van der Waals surface area contributed by atoms with E-state index in [1.54, 1.807) is 25.1 Å². The maximum Gasteiger partial charge on any atom is 0.235 e. The molecule has 0 amide bonds. The van der Waals surface area contributed by atoms with Crippen LogP contribution >= 0.6 is 0 Å². The molecule has 0 spiro atoms. The molecule has 2 rings (SSSR count). The van der Waals surface area contributed by atoms with E-state index < -0.39 is 25.1 Å². The van der Waals surface area contributed by atoms with Gasteiger partial charge >= 0.3 is 0 Å². The number of nitrogens with two attached hydrogens (primary N) is 1. The SMILES string of the molecule is Cc1c(N)cccc1NS(=O)(=O)C1CCS(=O)(=O)CC1. The average Bonchev–Trinajstić information content (AvgIpc) is 2.34. The van der Waals surface area contributed by atoms with Crippen molar-refractivity contribution >= 4 is 31.2 Å². The second kappa shape index (κ2) is 5.25. The van der Waals surface area contributed by atoms with Gasteiger partial charge in [0.2, 0.25) is 10.0 Å². The van der Waals surface area contributed by atoms with Gasteiger partial charge in [-0.2, -0.15) is 0 Å². The van der Waals surface area contributed by atoms with Gasteiger partial charge in [0.25, 0.3) is 0 Å². The quantitative estimate of drug-likeness (QED) is 0.805. The largest absolute Gasteiger partial charge is 0.398 e. The zero-order valence-corrected chi connectivity index (χ0v) is 12.8. The molecule has 0 aromatic heterocycles. The van der Waals surface area contributed by atoms with Crippen LogP contribution in [-0.2, 0) is 19.9 Å². The van der Waals surface area contributed by atoms with E-state index in [1.165, 1.54) is 0 Å². The number of nitrogens with one attached hydrogen (secondary N) is 1. The molecule has 3 N–H and O–H groups in total. The number of rotatable bonds is 3. The van der Waals surface area contributed by atoms with Gasteiger partial charge in [-0.25, -0.2) is 16.8 Å². The topological polar surface area (TPSA) is 106 Å². The van der Waals surface area contributed by atoms with Crippen LogP contribution in [0.15, 0.2) is 18.2 Å². The Bertz CT molecular complexity index is 697. The molecule has 20 heavy (non-hydrogen) atoms. The maximum atomic E-state index is 12.3. The Morgan fingerprint density at radius 3 is 2.45 bits per heavy atom. The van der Waals surface area contributed by atoms with E-state index in [2.05, 4.69) is 4.72 Å². The van der Waals surface area contributed by atoms with Crippen LogP contribution in [0, 0.1) is 6.92 Å². The predicted molar refractivity (Wildman–Crippen MR) is 79.8 cm³/mol. The summed E-state index contributed by atoms with van der Waals surface area (Å²) in [4.78, 5) is 0. The minimum atomic E-state index is -3.60. The van der Waals surface area contributed by atoms with Crippen molar-refractivity contribution in [3.05, 3.63) is 23.8 Å². The summed E-state index contributed by atoms with van der Waals surface area (Å²) in [6, 6.07) is 5.01. The summed E-state index contributed by atoms with van der Waals surface area (Å²) in [5.41, 5.74) is 7.36. The minimum Gasteiger partial charge on any atom is -0.398 e. The number of sulfonamides is 1. The normalized spacial score (nSPS) is 19.6. The number of sulfone groups is 1. The third-order valence-corrected chi connectivity index (χ3v) is 7.14. The molecule has 1 aromatic carbocycles. The molecule has 0 aliphatic carbocycles. The van der Waals surface area contributed by atoms with E-state index in [0.717, 1.165) is 0 Å². The Morgan fingerprint density at radius 1 is 1.25 bits per heavy atom. The molecule has 1 aromatic rings. The van der Waals surface area contributed by atoms with E-state index in [9.17, 15) is 16.8 Å². The van der Waals surface area contributed by atoms with Gasteiger partial charge in [-0.05, 0) is 37.5 Å². The van der Waals surface area contributed by atoms with Gasteiger partial charge in [-0.1, -0.05) is 6.07 Å². The van der Waals surface area contributed by atoms with Crippen LogP contribution in [0.5, 0.6) is 0 Å². The summed E-state index contributed by atoms with van der Waals surface area (Å²) in [6.07, 6.45) is 0.276. The van der Waals surface area contributed by atoms with E-state index in [1.807, 2.05) is 0 Å². The van der Waals surface area contributed by atoms with Crippen molar-refractivity contribution in [1.29, 1.82) is 0 Å². The monoisotopic (exact) mass is 318 g/mol. The molecule has 6 nitrogen and oxygen atoms in total. The van der Waals surface area contributed by atoms with Crippen LogP contribution in [0.4, 0.5) is 11.4 Å². The number of benzene rings is 1. The van der Waals surface area contributed by atoms with E-state index in [-0.39, 0.29) is 24.3 Å². The standard InChI is InChI=1S/C12H18N2O4S2/c1-9-11(13)3-2-4-12(9)14-20(17,18)10-5-7-19(15,16)8-6-10/h2-4,10,14H,5-8,13H2,1H3. The van der Waals surface area contributed by atoms with Crippen molar-refractivity contribution in [2.75, 3.05) is 22.0 Å². The van der Waals surface area contributed by atoms with Crippen LogP contribution in [0.3, 0.4) is 0 Å². The minimum absolute atomic E-state index is 0.0749. The van der Waals surface area contributed by atoms with Crippen molar-refractivity contribution in [3.8, 4) is 0 Å². The fraction of sp³-hybridized carbons (Fsp3) is 0.500. The highest BCUT2D eigenvalue weighted by Gasteiger charge is 2.33. The molecule has 1 aliphatic rings. The smallest absolute Gasteiger partial charge is 0.235 e. The molecule has 1 aliphatic heterocycles. The van der Waals surface area contributed by atoms with Crippen molar-refractivity contribution in [2.45, 2.75) is 25.0 Å². The summed E-state index contributed by atoms with van der Waals surface area (Å²) < 4.78 is 49.8. The summed E-state index contributed by atoms with van der Waals surface area (Å²) in [7, 11) is -6.67. The Hall–Kier alpha value is -1.28. The zero-order valence-electron chi connectivity index (χ0n) is 11.2. The molecule has 8 heteroatoms. The van der Waals surface area contributed by atoms with E-state index >= 15 is 0 Å². The number of nitrogen functional groups attached to an aromatic ring is 1. The fourth-order valence-corrected chi connectivity index (χ4v) is 5.52. The van der Waals surface area contributed by atoms with Gasteiger partial charge in [0, 0.05) is 5.69 Å². The lowest BCUT2D eigenvalue weighted by molar-refractivity contribution is 0.555. The molecule has 112 valence electrons. The molecule has 1 heterocycles. The van der Waals surface area contributed by atoms with Crippen molar-refractivity contribution < 1.29 is 16.8 Å². The summed E-state index contributed by atoms with van der Waals surface area (Å²) in [6.45, 7) is 1.73. The third kappa shape index (κ3) is 3.24. The molecule has 0 saturated carbocycles. The van der Waals surface area contributed by atoms with Gasteiger partial charge in [0.15, 0.2) is 0 Å². The second-order valence-corrected chi connectivity index (χ2v) is 9.28. The van der Waals surface area contributed by atoms with Gasteiger partial charge in [0.1, 0.15) is 9.84 Å². The number of hydrogen-bond donors (Lipinski definition) is 2. The molecule has 1 fully saturated rings. The Kier molecular flexibility index (Phi) is 3.97. The molecule has 0 bridgehead atoms. The fourth-order valence-electron chi connectivity index (χ4n) is 2.18. The lowest BCUT2D eigenvalue weighted by atomic mass is 10.2. The Balaban J connectivity index is 2.18. The average molecular weight is 318 g/mol. The van der Waals surface area contributed by atoms with Crippen molar-refractivity contribution in [2.24, 2.45) is 0 Å². The van der Waals surface area contributed by atoms with Crippen LogP contribution in [0.1, 0.15) is 18.4 Å². The van der Waals surface area contributed by atoms with E-state index in [0.29, 0.717) is 16.9 Å². The van der Waals surface area contributed by atoms with Gasteiger partial charge in [-0.3, -0.25) is 4.72 Å². The van der Waals surface area contributed by atoms with Crippen molar-refractivity contribution in [1.82, 2.24) is 0 Å². The third-order valence-electron chi connectivity index (χ3n) is 3.57. The van der Waals surface area contributed by atoms with Crippen LogP contribution in [0.2, 0.25) is 0 Å². The highest BCUT2D eigenvalue weighted by atomic mass is 32.2. The van der Waals surface area contributed by atoms with Crippen LogP contribution in [0.25, 0.3) is 0 Å². The molecule has 0 atom stereocenters. The molecular weight excluding hydrogens is 300 g/mol. The molecule has 0 radical (unpaired) electrons. The van der Waals surface area contributed by atoms with Crippen LogP contribution in [-0.4, -0.2) is 33.6 Å². The van der Waals surface area contributed by atoms with Crippen molar-refractivity contribution in [3.63, 3.8) is 0 Å². The highest BCUT2D eigenvalue weighted by molar-refractivity contribution is 7.94. The predicted octanol–water partition coefficient (Wildman–Crippen LogP) is 0.896. The summed E-state index contributed by atoms with van der Waals surface area (Å²) in [5.74, 6) is -0.150. The number of anilines is 2. The molecular formula is C12H18N2O4S2. The first kappa shape index (κ1) is 15.1. The molecule has 0 unspecified atom stereocenters.